The summed E-state index contributed by atoms with van der Waals surface area (Å²) < 4.78 is 8.81. The predicted molar refractivity (Wildman–Crippen MR) is 171 cm³/mol. The minimum atomic E-state index is -0.763. The largest absolute Gasteiger partial charge is 0.492 e. The van der Waals surface area contributed by atoms with Gasteiger partial charge in [-0.15, -0.1) is 0 Å². The lowest BCUT2D eigenvalue weighted by atomic mass is 9.86. The third-order valence-electron chi connectivity index (χ3n) is 6.12. The SMILES string of the molecule is C=C(O/N=C(\C)CC)c1ccc(C(=O)C(=O)Nc2cc(C(C)(C)C)cc(NSC)c2OC)c2ccccc12.CC. The number of hydrogen-bond acceptors (Lipinski definition) is 7. The first-order valence-corrected chi connectivity index (χ1v) is 14.5. The van der Waals surface area contributed by atoms with Crippen molar-refractivity contribution in [1.29, 1.82) is 0 Å². The highest BCUT2D eigenvalue weighted by Gasteiger charge is 2.25. The van der Waals surface area contributed by atoms with E-state index in [0.29, 0.717) is 33.8 Å². The number of oxime groups is 1. The number of methoxy groups -OCH3 is 1. The van der Waals surface area contributed by atoms with E-state index in [1.54, 1.807) is 18.2 Å². The lowest BCUT2D eigenvalue weighted by Gasteiger charge is -2.23. The smallest absolute Gasteiger partial charge is 0.296 e. The Labute approximate surface area is 242 Å². The van der Waals surface area contributed by atoms with Crippen LogP contribution in [0.5, 0.6) is 5.75 Å². The van der Waals surface area contributed by atoms with Crippen molar-refractivity contribution in [2.24, 2.45) is 5.16 Å². The van der Waals surface area contributed by atoms with Crippen LogP contribution in [0.15, 0.2) is 60.3 Å². The van der Waals surface area contributed by atoms with Crippen LogP contribution in [0.2, 0.25) is 0 Å². The molecule has 0 atom stereocenters. The highest BCUT2D eigenvalue weighted by atomic mass is 32.2. The summed E-state index contributed by atoms with van der Waals surface area (Å²) in [6, 6.07) is 14.5. The lowest BCUT2D eigenvalue weighted by Crippen LogP contribution is -2.24. The molecule has 7 nitrogen and oxygen atoms in total. The van der Waals surface area contributed by atoms with Gasteiger partial charge in [-0.2, -0.15) is 0 Å². The number of anilines is 2. The number of amides is 1. The molecule has 8 heteroatoms. The molecular formula is C32H41N3O4S. The third-order valence-corrected chi connectivity index (χ3v) is 6.54. The lowest BCUT2D eigenvalue weighted by molar-refractivity contribution is -0.112. The molecule has 0 unspecified atom stereocenters. The van der Waals surface area contributed by atoms with Gasteiger partial charge in [-0.05, 0) is 59.4 Å². The van der Waals surface area contributed by atoms with Gasteiger partial charge in [0.25, 0.3) is 11.7 Å². The van der Waals surface area contributed by atoms with Gasteiger partial charge in [-0.3, -0.25) is 9.59 Å². The second-order valence-electron chi connectivity index (χ2n) is 9.84. The Balaban J connectivity index is 0.00000274. The van der Waals surface area contributed by atoms with E-state index in [-0.39, 0.29) is 11.0 Å². The highest BCUT2D eigenvalue weighted by molar-refractivity contribution is 7.99. The van der Waals surface area contributed by atoms with Gasteiger partial charge in [0.1, 0.15) is 0 Å². The summed E-state index contributed by atoms with van der Waals surface area (Å²) in [5.41, 5.74) is 3.72. The summed E-state index contributed by atoms with van der Waals surface area (Å²) in [6.07, 6.45) is 2.66. The fraction of sp³-hybridized carbons (Fsp3) is 0.344. The molecule has 0 spiro atoms. The van der Waals surface area contributed by atoms with Gasteiger partial charge < -0.3 is 19.6 Å². The molecule has 0 fully saturated rings. The topological polar surface area (TPSA) is 89.0 Å². The summed E-state index contributed by atoms with van der Waals surface area (Å²) in [5.74, 6) is -0.623. The van der Waals surface area contributed by atoms with E-state index in [4.69, 9.17) is 9.57 Å². The standard InChI is InChI=1S/C30H35N3O4S.C2H6/c1-9-18(2)32-37-19(3)21-14-15-24(23-13-11-10-12-22(21)23)27(34)29(35)31-25-16-20(30(4,5)6)17-26(33-38-8)28(25)36-7;1-2/h10-17,33H,3,9H2,1-2,4-8H3,(H,31,35);1-2H3/b32-18+;. The second-order valence-corrected chi connectivity index (χ2v) is 10.5. The summed E-state index contributed by atoms with van der Waals surface area (Å²) in [7, 11) is 1.53. The molecule has 3 aromatic rings. The Kier molecular flexibility index (Phi) is 11.8. The van der Waals surface area contributed by atoms with Crippen molar-refractivity contribution < 1.29 is 19.2 Å². The number of ether oxygens (including phenoxy) is 1. The van der Waals surface area contributed by atoms with Crippen LogP contribution >= 0.6 is 11.9 Å². The van der Waals surface area contributed by atoms with Crippen LogP contribution in [-0.4, -0.2) is 30.8 Å². The Hall–Kier alpha value is -3.78. The Morgan fingerprint density at radius 3 is 2.12 bits per heavy atom. The summed E-state index contributed by atoms with van der Waals surface area (Å²) in [6.45, 7) is 18.1. The molecule has 0 saturated heterocycles. The maximum Gasteiger partial charge on any atom is 0.296 e. The van der Waals surface area contributed by atoms with Crippen molar-refractivity contribution in [2.75, 3.05) is 23.4 Å². The summed E-state index contributed by atoms with van der Waals surface area (Å²) >= 11 is 1.41. The second kappa shape index (κ2) is 14.6. The number of Topliss-reactive ketones (excluding diaryl/α,β-unsaturated/α-hetero) is 1. The van der Waals surface area contributed by atoms with Gasteiger partial charge in [0.05, 0.1) is 24.2 Å². The molecule has 3 rings (SSSR count). The van der Waals surface area contributed by atoms with Crippen molar-refractivity contribution in [3.05, 3.63) is 71.8 Å². The van der Waals surface area contributed by atoms with Crippen LogP contribution in [0.1, 0.15) is 76.4 Å². The van der Waals surface area contributed by atoms with Crippen LogP contribution in [0.4, 0.5) is 11.4 Å². The Morgan fingerprint density at radius 2 is 1.57 bits per heavy atom. The first-order valence-electron chi connectivity index (χ1n) is 13.3. The minimum absolute atomic E-state index is 0.194. The number of fused-ring (bicyclic) bond motifs is 1. The molecule has 0 radical (unpaired) electrons. The molecule has 0 aliphatic rings. The normalized spacial score (nSPS) is 11.3. The molecule has 40 heavy (non-hydrogen) atoms. The number of carbonyl (C=O) groups is 2. The molecule has 0 heterocycles. The molecule has 3 aromatic carbocycles. The van der Waals surface area contributed by atoms with Crippen LogP contribution in [0, 0.1) is 0 Å². The number of hydrogen-bond donors (Lipinski definition) is 2. The van der Waals surface area contributed by atoms with Crippen molar-refractivity contribution in [3.8, 4) is 5.75 Å². The molecule has 0 aliphatic heterocycles. The zero-order valence-electron chi connectivity index (χ0n) is 25.0. The zero-order valence-corrected chi connectivity index (χ0v) is 25.8. The van der Waals surface area contributed by atoms with Gasteiger partial charge in [-0.1, -0.05) is 89.5 Å². The van der Waals surface area contributed by atoms with E-state index in [0.717, 1.165) is 23.1 Å². The average molecular weight is 564 g/mol. The van der Waals surface area contributed by atoms with Gasteiger partial charge >= 0.3 is 0 Å². The predicted octanol–water partition coefficient (Wildman–Crippen LogP) is 8.46. The number of rotatable bonds is 10. The first kappa shape index (κ1) is 32.4. The van der Waals surface area contributed by atoms with Crippen LogP contribution in [-0.2, 0) is 15.0 Å². The van der Waals surface area contributed by atoms with E-state index in [1.807, 2.05) is 64.3 Å². The zero-order chi connectivity index (χ0) is 30.0. The molecule has 0 bridgehead atoms. The number of benzene rings is 3. The van der Waals surface area contributed by atoms with E-state index >= 15 is 0 Å². The van der Waals surface area contributed by atoms with Crippen molar-refractivity contribution in [1.82, 2.24) is 0 Å². The first-order chi connectivity index (χ1) is 19.0. The third kappa shape index (κ3) is 7.66. The van der Waals surface area contributed by atoms with Crippen molar-refractivity contribution >= 4 is 57.3 Å². The molecular weight excluding hydrogens is 522 g/mol. The van der Waals surface area contributed by atoms with Crippen molar-refractivity contribution in [3.63, 3.8) is 0 Å². The highest BCUT2D eigenvalue weighted by Crippen LogP contribution is 2.39. The maximum absolute atomic E-state index is 13.4. The van der Waals surface area contributed by atoms with Gasteiger partial charge in [0.2, 0.25) is 0 Å². The molecule has 0 aromatic heterocycles. The summed E-state index contributed by atoms with van der Waals surface area (Å²) in [5, 5.41) is 8.23. The molecule has 1 amide bonds. The van der Waals surface area contributed by atoms with E-state index in [9.17, 15) is 9.59 Å². The van der Waals surface area contributed by atoms with Crippen LogP contribution in [0.3, 0.4) is 0 Å². The molecule has 214 valence electrons. The number of carbonyl (C=O) groups excluding carboxylic acids is 2. The minimum Gasteiger partial charge on any atom is -0.492 e. The summed E-state index contributed by atoms with van der Waals surface area (Å²) in [4.78, 5) is 32.2. The Bertz CT molecular complexity index is 1410. The van der Waals surface area contributed by atoms with Crippen molar-refractivity contribution in [2.45, 2.75) is 60.3 Å². The van der Waals surface area contributed by atoms with Gasteiger partial charge in [0.15, 0.2) is 11.5 Å². The van der Waals surface area contributed by atoms with E-state index in [1.165, 1.54) is 19.1 Å². The number of nitrogens with zero attached hydrogens (tertiary/aromatic N) is 1. The molecule has 0 aliphatic carbocycles. The Morgan fingerprint density at radius 1 is 1.00 bits per heavy atom. The van der Waals surface area contributed by atoms with Crippen LogP contribution < -0.4 is 14.8 Å². The van der Waals surface area contributed by atoms with E-state index in [2.05, 4.69) is 42.5 Å². The molecule has 0 saturated carbocycles. The number of ketones is 1. The van der Waals surface area contributed by atoms with E-state index < -0.39 is 11.7 Å². The maximum atomic E-state index is 13.4. The monoisotopic (exact) mass is 563 g/mol. The molecule has 2 N–H and O–H groups in total. The van der Waals surface area contributed by atoms with Crippen LogP contribution in [0.25, 0.3) is 16.5 Å². The van der Waals surface area contributed by atoms with Gasteiger partial charge in [-0.25, -0.2) is 0 Å². The quantitative estimate of drug-likeness (QED) is 0.0642. The fourth-order valence-corrected chi connectivity index (χ4v) is 4.22. The number of nitrogens with one attached hydrogen (secondary N) is 2. The van der Waals surface area contributed by atoms with Gasteiger partial charge in [0, 0.05) is 17.4 Å². The fourth-order valence-electron chi connectivity index (χ4n) is 3.85. The average Bonchev–Trinajstić information content (AvgIpc) is 2.95.